The molecule has 1 aliphatic carbocycles. The average Bonchev–Trinajstić information content (AvgIpc) is 3.00. The van der Waals surface area contributed by atoms with Gasteiger partial charge in [0.1, 0.15) is 0 Å². The molecule has 2 nitrogen and oxygen atoms in total. The molecule has 1 fully saturated rings. The summed E-state index contributed by atoms with van der Waals surface area (Å²) in [4.78, 5) is 2.69. The first-order valence-corrected chi connectivity index (χ1v) is 6.88. The molecule has 0 radical (unpaired) electrons. The molecule has 0 aromatic heterocycles. The highest BCUT2D eigenvalue weighted by Gasteiger charge is 2.41. The maximum absolute atomic E-state index is 6.04. The van der Waals surface area contributed by atoms with Crippen molar-refractivity contribution in [3.8, 4) is 0 Å². The summed E-state index contributed by atoms with van der Waals surface area (Å²) >= 11 is 0. The predicted molar refractivity (Wildman–Crippen MR) is 71.5 cm³/mol. The van der Waals surface area contributed by atoms with Crippen molar-refractivity contribution in [1.29, 1.82) is 0 Å². The normalized spacial score (nSPS) is 20.8. The van der Waals surface area contributed by atoms with Crippen LogP contribution >= 0.6 is 0 Å². The number of nitrogens with zero attached hydrogens (tertiary/aromatic N) is 1. The third-order valence-electron chi connectivity index (χ3n) is 4.25. The first-order chi connectivity index (χ1) is 7.41. The molecule has 0 aromatic carbocycles. The smallest absolute Gasteiger partial charge is 0.0329 e. The fourth-order valence-electron chi connectivity index (χ4n) is 2.32. The van der Waals surface area contributed by atoms with Crippen molar-refractivity contribution < 1.29 is 0 Å². The van der Waals surface area contributed by atoms with Crippen LogP contribution in [-0.4, -0.2) is 29.6 Å². The van der Waals surface area contributed by atoms with Crippen LogP contribution in [0.2, 0.25) is 0 Å². The summed E-state index contributed by atoms with van der Waals surface area (Å²) in [5.74, 6) is 1.42. The highest BCUT2D eigenvalue weighted by molar-refractivity contribution is 4.98. The Morgan fingerprint density at radius 3 is 2.12 bits per heavy atom. The lowest BCUT2D eigenvalue weighted by atomic mass is 9.86. The zero-order chi connectivity index (χ0) is 12.3. The van der Waals surface area contributed by atoms with E-state index in [1.165, 1.54) is 25.8 Å². The quantitative estimate of drug-likeness (QED) is 0.723. The standard InChI is InChI=1S/C14H30N2/c1-11(2)8-9-16(13-6-7-13)14(5,10-15)12(3)4/h11-13H,6-10,15H2,1-5H3. The van der Waals surface area contributed by atoms with Crippen LogP contribution in [0.3, 0.4) is 0 Å². The third kappa shape index (κ3) is 3.21. The van der Waals surface area contributed by atoms with Crippen LogP contribution < -0.4 is 5.73 Å². The molecule has 0 bridgehead atoms. The van der Waals surface area contributed by atoms with Gasteiger partial charge in [0.05, 0.1) is 0 Å². The molecule has 1 aliphatic rings. The zero-order valence-corrected chi connectivity index (χ0v) is 11.8. The van der Waals surface area contributed by atoms with Gasteiger partial charge in [-0.1, -0.05) is 27.7 Å². The lowest BCUT2D eigenvalue weighted by Crippen LogP contribution is -2.56. The second kappa shape index (κ2) is 5.50. The Balaban J connectivity index is 2.66. The minimum absolute atomic E-state index is 0.191. The van der Waals surface area contributed by atoms with E-state index in [9.17, 15) is 0 Å². The summed E-state index contributed by atoms with van der Waals surface area (Å²) in [6.07, 6.45) is 4.04. The minimum atomic E-state index is 0.191. The minimum Gasteiger partial charge on any atom is -0.329 e. The molecule has 1 atom stereocenters. The van der Waals surface area contributed by atoms with Gasteiger partial charge in [-0.15, -0.1) is 0 Å². The first-order valence-electron chi connectivity index (χ1n) is 6.88. The van der Waals surface area contributed by atoms with Crippen molar-refractivity contribution in [1.82, 2.24) is 4.90 Å². The third-order valence-corrected chi connectivity index (χ3v) is 4.25. The summed E-state index contributed by atoms with van der Waals surface area (Å²) in [5.41, 5.74) is 6.23. The molecule has 0 heterocycles. The lowest BCUT2D eigenvalue weighted by molar-refractivity contribution is 0.0544. The Bertz CT molecular complexity index is 209. The molecule has 1 saturated carbocycles. The van der Waals surface area contributed by atoms with Crippen molar-refractivity contribution in [3.63, 3.8) is 0 Å². The molecule has 0 aliphatic heterocycles. The summed E-state index contributed by atoms with van der Waals surface area (Å²) < 4.78 is 0. The van der Waals surface area contributed by atoms with Gasteiger partial charge >= 0.3 is 0 Å². The van der Waals surface area contributed by atoms with Gasteiger partial charge in [0.15, 0.2) is 0 Å². The van der Waals surface area contributed by atoms with Crippen LogP contribution in [-0.2, 0) is 0 Å². The SMILES string of the molecule is CC(C)CCN(C1CC1)C(C)(CN)C(C)C. The molecule has 0 amide bonds. The Hall–Kier alpha value is -0.0800. The Kier molecular flexibility index (Phi) is 4.81. The Morgan fingerprint density at radius 1 is 1.25 bits per heavy atom. The summed E-state index contributed by atoms with van der Waals surface area (Å²) in [6, 6.07) is 0.815. The number of hydrogen-bond donors (Lipinski definition) is 1. The lowest BCUT2D eigenvalue weighted by Gasteiger charge is -2.44. The summed E-state index contributed by atoms with van der Waals surface area (Å²) in [5, 5.41) is 0. The Morgan fingerprint density at radius 2 is 1.81 bits per heavy atom. The summed E-state index contributed by atoms with van der Waals surface area (Å²) in [6.45, 7) is 13.6. The van der Waals surface area contributed by atoms with Crippen LogP contribution in [0.1, 0.15) is 53.9 Å². The largest absolute Gasteiger partial charge is 0.329 e. The van der Waals surface area contributed by atoms with Gasteiger partial charge in [-0.05, 0) is 44.6 Å². The topological polar surface area (TPSA) is 29.3 Å². The zero-order valence-electron chi connectivity index (χ0n) is 11.8. The monoisotopic (exact) mass is 226 g/mol. The predicted octanol–water partition coefficient (Wildman–Crippen LogP) is 2.87. The average molecular weight is 226 g/mol. The molecule has 2 N–H and O–H groups in total. The molecular formula is C14H30N2. The second-order valence-corrected chi connectivity index (χ2v) is 6.32. The van der Waals surface area contributed by atoms with Gasteiger partial charge in [0.2, 0.25) is 0 Å². The Labute approximate surface area is 102 Å². The fraction of sp³-hybridized carbons (Fsp3) is 1.00. The molecule has 0 saturated heterocycles. The van der Waals surface area contributed by atoms with E-state index in [4.69, 9.17) is 5.73 Å². The van der Waals surface area contributed by atoms with E-state index < -0.39 is 0 Å². The molecule has 2 heteroatoms. The second-order valence-electron chi connectivity index (χ2n) is 6.32. The van der Waals surface area contributed by atoms with E-state index in [2.05, 4.69) is 39.5 Å². The van der Waals surface area contributed by atoms with Crippen molar-refractivity contribution >= 4 is 0 Å². The van der Waals surface area contributed by atoms with Crippen molar-refractivity contribution in [2.24, 2.45) is 17.6 Å². The van der Waals surface area contributed by atoms with E-state index >= 15 is 0 Å². The number of rotatable bonds is 7. The highest BCUT2D eigenvalue weighted by atomic mass is 15.3. The van der Waals surface area contributed by atoms with Crippen molar-refractivity contribution in [2.45, 2.75) is 65.5 Å². The van der Waals surface area contributed by atoms with Crippen molar-refractivity contribution in [2.75, 3.05) is 13.1 Å². The molecule has 1 rings (SSSR count). The fourth-order valence-corrected chi connectivity index (χ4v) is 2.32. The van der Waals surface area contributed by atoms with Gasteiger partial charge in [-0.25, -0.2) is 0 Å². The molecule has 16 heavy (non-hydrogen) atoms. The maximum Gasteiger partial charge on any atom is 0.0329 e. The van der Waals surface area contributed by atoms with Gasteiger partial charge < -0.3 is 5.73 Å². The van der Waals surface area contributed by atoms with Crippen LogP contribution in [0.15, 0.2) is 0 Å². The van der Waals surface area contributed by atoms with E-state index in [0.29, 0.717) is 5.92 Å². The number of nitrogens with two attached hydrogens (primary N) is 1. The van der Waals surface area contributed by atoms with E-state index in [1.54, 1.807) is 0 Å². The van der Waals surface area contributed by atoms with Gasteiger partial charge in [0.25, 0.3) is 0 Å². The molecule has 0 aromatic rings. The maximum atomic E-state index is 6.04. The van der Waals surface area contributed by atoms with Crippen molar-refractivity contribution in [3.05, 3.63) is 0 Å². The van der Waals surface area contributed by atoms with E-state index in [-0.39, 0.29) is 5.54 Å². The van der Waals surface area contributed by atoms with E-state index in [0.717, 1.165) is 18.5 Å². The summed E-state index contributed by atoms with van der Waals surface area (Å²) in [7, 11) is 0. The van der Waals surface area contributed by atoms with Gasteiger partial charge in [-0.3, -0.25) is 4.90 Å². The molecule has 0 spiro atoms. The van der Waals surface area contributed by atoms with Gasteiger partial charge in [0, 0.05) is 18.1 Å². The van der Waals surface area contributed by atoms with Crippen LogP contribution in [0.5, 0.6) is 0 Å². The first kappa shape index (κ1) is 14.0. The van der Waals surface area contributed by atoms with Crippen LogP contribution in [0.25, 0.3) is 0 Å². The van der Waals surface area contributed by atoms with Crippen LogP contribution in [0, 0.1) is 11.8 Å². The molecule has 1 unspecified atom stereocenters. The van der Waals surface area contributed by atoms with Gasteiger partial charge in [-0.2, -0.15) is 0 Å². The van der Waals surface area contributed by atoms with Crippen LogP contribution in [0.4, 0.5) is 0 Å². The van der Waals surface area contributed by atoms with E-state index in [1.807, 2.05) is 0 Å². The highest BCUT2D eigenvalue weighted by Crippen LogP contribution is 2.36. The molecular weight excluding hydrogens is 196 g/mol. The molecule has 96 valence electrons. The number of hydrogen-bond acceptors (Lipinski definition) is 2.